The molecule has 0 saturated heterocycles. The molecule has 15 heavy (non-hydrogen) atoms. The lowest BCUT2D eigenvalue weighted by Crippen LogP contribution is -2.29. The molecule has 0 atom stereocenters. The van der Waals surface area contributed by atoms with Gasteiger partial charge in [0.05, 0.1) is 4.88 Å². The van der Waals surface area contributed by atoms with Crippen LogP contribution in [0, 0.1) is 11.3 Å². The van der Waals surface area contributed by atoms with E-state index in [4.69, 9.17) is 10.00 Å². The summed E-state index contributed by atoms with van der Waals surface area (Å²) in [6.45, 7) is 3.35. The van der Waals surface area contributed by atoms with Crippen LogP contribution in [-0.4, -0.2) is 11.4 Å². The number of rotatable bonds is 1. The lowest BCUT2D eigenvalue weighted by molar-refractivity contribution is -0.126. The second-order valence-corrected chi connectivity index (χ2v) is 4.68. The molecule has 0 aliphatic carbocycles. The molecule has 0 radical (unpaired) electrons. The van der Waals surface area contributed by atoms with Crippen LogP contribution >= 0.6 is 11.3 Å². The average molecular weight is 219 g/mol. The predicted molar refractivity (Wildman–Crippen MR) is 57.0 cm³/mol. The molecule has 0 N–H and O–H groups in total. The minimum Gasteiger partial charge on any atom is -0.477 e. The Kier molecular flexibility index (Phi) is 2.13. The molecule has 1 aliphatic rings. The first-order valence-electron chi connectivity index (χ1n) is 4.48. The van der Waals surface area contributed by atoms with Gasteiger partial charge in [-0.25, -0.2) is 0 Å². The largest absolute Gasteiger partial charge is 0.477 e. The smallest absolute Gasteiger partial charge is 0.220 e. The number of ketones is 1. The zero-order valence-corrected chi connectivity index (χ0v) is 9.22. The fraction of sp³-hybridized carbons (Fsp3) is 0.273. The molecule has 1 aromatic heterocycles. The van der Waals surface area contributed by atoms with E-state index in [-0.39, 0.29) is 11.4 Å². The van der Waals surface area contributed by atoms with Crippen molar-refractivity contribution >= 4 is 22.9 Å². The molecule has 0 unspecified atom stereocenters. The molecule has 2 heterocycles. The van der Waals surface area contributed by atoms with Gasteiger partial charge in [-0.3, -0.25) is 4.79 Å². The van der Waals surface area contributed by atoms with Gasteiger partial charge in [-0.2, -0.15) is 5.26 Å². The molecule has 0 fully saturated rings. The Morgan fingerprint density at radius 2 is 2.27 bits per heavy atom. The van der Waals surface area contributed by atoms with Crippen molar-refractivity contribution in [1.82, 2.24) is 0 Å². The van der Waals surface area contributed by atoms with Gasteiger partial charge in [0.1, 0.15) is 11.6 Å². The number of ether oxygens (including phenoxy) is 1. The van der Waals surface area contributed by atoms with Crippen LogP contribution in [0.15, 0.2) is 23.1 Å². The molecule has 0 spiro atoms. The zero-order valence-electron chi connectivity index (χ0n) is 8.40. The van der Waals surface area contributed by atoms with Crippen LogP contribution in [0.1, 0.15) is 18.7 Å². The minimum atomic E-state index is -0.912. The van der Waals surface area contributed by atoms with Crippen LogP contribution in [0.2, 0.25) is 0 Å². The number of hydrogen-bond donors (Lipinski definition) is 0. The van der Waals surface area contributed by atoms with Gasteiger partial charge < -0.3 is 4.74 Å². The standard InChI is InChI=1S/C11H9NO2S/c1-11(2)10(13)7(6-12)9(14-11)8-4-3-5-15-8/h3-5H,1-2H3. The molecule has 76 valence electrons. The summed E-state index contributed by atoms with van der Waals surface area (Å²) in [5.74, 6) is 0.177. The summed E-state index contributed by atoms with van der Waals surface area (Å²) in [6, 6.07) is 5.62. The molecule has 4 heteroatoms. The fourth-order valence-corrected chi connectivity index (χ4v) is 2.15. The van der Waals surface area contributed by atoms with Gasteiger partial charge in [-0.15, -0.1) is 11.3 Å². The van der Waals surface area contributed by atoms with E-state index in [9.17, 15) is 4.79 Å². The zero-order chi connectivity index (χ0) is 11.1. The summed E-state index contributed by atoms with van der Waals surface area (Å²) in [4.78, 5) is 12.6. The number of carbonyl (C=O) groups is 1. The maximum absolute atomic E-state index is 11.8. The number of Topliss-reactive ketones (excluding diaryl/α,β-unsaturated/α-hetero) is 1. The predicted octanol–water partition coefficient (Wildman–Crippen LogP) is 2.36. The second kappa shape index (κ2) is 3.21. The second-order valence-electron chi connectivity index (χ2n) is 3.73. The van der Waals surface area contributed by atoms with Gasteiger partial charge in [0.2, 0.25) is 5.78 Å². The monoisotopic (exact) mass is 219 g/mol. The summed E-state index contributed by atoms with van der Waals surface area (Å²) in [7, 11) is 0. The van der Waals surface area contributed by atoms with E-state index >= 15 is 0 Å². The number of nitrogens with zero attached hydrogens (tertiary/aromatic N) is 1. The molecule has 0 saturated carbocycles. The third-order valence-electron chi connectivity index (χ3n) is 2.21. The molecule has 0 aromatic carbocycles. The van der Waals surface area contributed by atoms with E-state index in [1.807, 2.05) is 23.6 Å². The van der Waals surface area contributed by atoms with Gasteiger partial charge >= 0.3 is 0 Å². The molecule has 0 bridgehead atoms. The van der Waals surface area contributed by atoms with Crippen molar-refractivity contribution in [3.63, 3.8) is 0 Å². The number of hydrogen-bond acceptors (Lipinski definition) is 4. The van der Waals surface area contributed by atoms with Crippen molar-refractivity contribution in [3.05, 3.63) is 28.0 Å². The lowest BCUT2D eigenvalue weighted by atomic mass is 10.00. The number of nitriles is 1. The highest BCUT2D eigenvalue weighted by Crippen LogP contribution is 2.37. The van der Waals surface area contributed by atoms with Crippen LogP contribution in [0.4, 0.5) is 0 Å². The molecule has 1 aromatic rings. The Bertz CT molecular complexity index is 477. The highest BCUT2D eigenvalue weighted by Gasteiger charge is 2.42. The van der Waals surface area contributed by atoms with Crippen molar-refractivity contribution in [1.29, 1.82) is 5.26 Å². The van der Waals surface area contributed by atoms with E-state index in [1.54, 1.807) is 13.8 Å². The van der Waals surface area contributed by atoms with E-state index < -0.39 is 5.60 Å². The Balaban J connectivity index is 2.53. The molecular weight excluding hydrogens is 210 g/mol. The summed E-state index contributed by atoms with van der Waals surface area (Å²) < 4.78 is 5.53. The van der Waals surface area contributed by atoms with Gasteiger partial charge in [0.25, 0.3) is 0 Å². The summed E-state index contributed by atoms with van der Waals surface area (Å²) in [5.41, 5.74) is -0.785. The maximum atomic E-state index is 11.8. The van der Waals surface area contributed by atoms with Crippen LogP contribution in [0.3, 0.4) is 0 Å². The van der Waals surface area contributed by atoms with Gasteiger partial charge in [-0.05, 0) is 25.3 Å². The van der Waals surface area contributed by atoms with Crippen molar-refractivity contribution < 1.29 is 9.53 Å². The van der Waals surface area contributed by atoms with Gasteiger partial charge in [0.15, 0.2) is 11.4 Å². The van der Waals surface area contributed by atoms with Crippen molar-refractivity contribution in [3.8, 4) is 6.07 Å². The van der Waals surface area contributed by atoms with E-state index in [1.165, 1.54) is 11.3 Å². The minimum absolute atomic E-state index is 0.127. The summed E-state index contributed by atoms with van der Waals surface area (Å²) in [6.07, 6.45) is 0. The summed E-state index contributed by atoms with van der Waals surface area (Å²) >= 11 is 1.46. The number of thiophene rings is 1. The SMILES string of the molecule is CC1(C)OC(c2cccs2)=C(C#N)C1=O. The molecule has 2 rings (SSSR count). The Morgan fingerprint density at radius 1 is 1.53 bits per heavy atom. The van der Waals surface area contributed by atoms with Gasteiger partial charge in [0, 0.05) is 0 Å². The van der Waals surface area contributed by atoms with Gasteiger partial charge in [-0.1, -0.05) is 6.07 Å². The maximum Gasteiger partial charge on any atom is 0.220 e. The lowest BCUT2D eigenvalue weighted by Gasteiger charge is -2.16. The van der Waals surface area contributed by atoms with Crippen molar-refractivity contribution in [2.45, 2.75) is 19.4 Å². The third-order valence-corrected chi connectivity index (χ3v) is 3.08. The summed E-state index contributed by atoms with van der Waals surface area (Å²) in [5, 5.41) is 10.8. The molecular formula is C11H9NO2S. The van der Waals surface area contributed by atoms with Crippen molar-refractivity contribution in [2.75, 3.05) is 0 Å². The third kappa shape index (κ3) is 1.45. The molecule has 3 nitrogen and oxygen atoms in total. The van der Waals surface area contributed by atoms with Crippen LogP contribution in [0.25, 0.3) is 5.76 Å². The van der Waals surface area contributed by atoms with E-state index in [2.05, 4.69) is 0 Å². The van der Waals surface area contributed by atoms with Crippen LogP contribution in [-0.2, 0) is 9.53 Å². The van der Waals surface area contributed by atoms with E-state index in [0.29, 0.717) is 5.76 Å². The fourth-order valence-electron chi connectivity index (χ4n) is 1.44. The highest BCUT2D eigenvalue weighted by atomic mass is 32.1. The topological polar surface area (TPSA) is 50.1 Å². The van der Waals surface area contributed by atoms with Crippen LogP contribution < -0.4 is 0 Å². The first-order valence-corrected chi connectivity index (χ1v) is 5.36. The Morgan fingerprint density at radius 3 is 2.80 bits per heavy atom. The van der Waals surface area contributed by atoms with Crippen LogP contribution in [0.5, 0.6) is 0 Å². The quantitative estimate of drug-likeness (QED) is 0.728. The average Bonchev–Trinajstić information content (AvgIpc) is 2.75. The Labute approximate surface area is 91.6 Å². The first-order chi connectivity index (χ1) is 7.06. The molecule has 1 aliphatic heterocycles. The number of carbonyl (C=O) groups excluding carboxylic acids is 1. The van der Waals surface area contributed by atoms with E-state index in [0.717, 1.165) is 4.88 Å². The Hall–Kier alpha value is -1.60. The highest BCUT2D eigenvalue weighted by molar-refractivity contribution is 7.11. The first kappa shape index (κ1) is 9.94. The van der Waals surface area contributed by atoms with Crippen molar-refractivity contribution in [2.24, 2.45) is 0 Å². The molecule has 0 amide bonds. The normalized spacial score (nSPS) is 18.9.